The van der Waals surface area contributed by atoms with Gasteiger partial charge in [0, 0.05) is 65.0 Å². The molecule has 214 valence electrons. The average molecular weight is 574 g/mol. The predicted molar refractivity (Wildman–Crippen MR) is 161 cm³/mol. The van der Waals surface area contributed by atoms with Crippen LogP contribution in [0.2, 0.25) is 0 Å². The van der Waals surface area contributed by atoms with E-state index >= 15 is 0 Å². The van der Waals surface area contributed by atoms with E-state index in [1.54, 1.807) is 47.0 Å². The van der Waals surface area contributed by atoms with Crippen LogP contribution >= 0.6 is 0 Å². The molecule has 0 unspecified atom stereocenters. The Balaban J connectivity index is 1.21. The predicted octanol–water partition coefficient (Wildman–Crippen LogP) is 5.43. The van der Waals surface area contributed by atoms with Gasteiger partial charge in [0.1, 0.15) is 5.76 Å². The van der Waals surface area contributed by atoms with Crippen molar-refractivity contribution in [2.75, 3.05) is 15.5 Å². The fraction of sp³-hybridized carbons (Fsp3) is 0.161. The molecule has 1 aliphatic heterocycles. The summed E-state index contributed by atoms with van der Waals surface area (Å²) in [6.45, 7) is 5.95. The van der Waals surface area contributed by atoms with Crippen LogP contribution in [0.1, 0.15) is 43.4 Å². The van der Waals surface area contributed by atoms with Gasteiger partial charge in [0.25, 0.3) is 11.8 Å². The highest BCUT2D eigenvalue weighted by Crippen LogP contribution is 2.39. The van der Waals surface area contributed by atoms with Crippen LogP contribution in [-0.4, -0.2) is 41.7 Å². The van der Waals surface area contributed by atoms with Crippen LogP contribution < -0.4 is 15.5 Å². The first kappa shape index (κ1) is 26.1. The molecule has 7 rings (SSSR count). The number of carbonyl (C=O) groups is 2. The van der Waals surface area contributed by atoms with Crippen molar-refractivity contribution in [3.63, 3.8) is 0 Å². The number of hydrogen-bond acceptors (Lipinski definition) is 8. The summed E-state index contributed by atoms with van der Waals surface area (Å²) in [7, 11) is 1.88. The molecule has 0 fully saturated rings. The molecule has 4 aromatic heterocycles. The van der Waals surface area contributed by atoms with Crippen LogP contribution in [0.4, 0.5) is 23.1 Å². The zero-order chi connectivity index (χ0) is 29.8. The van der Waals surface area contributed by atoms with Crippen molar-refractivity contribution in [3.05, 3.63) is 94.8 Å². The molecular weight excluding hydrogens is 546 g/mol. The Morgan fingerprint density at radius 1 is 1.07 bits per heavy atom. The third-order valence-corrected chi connectivity index (χ3v) is 7.64. The van der Waals surface area contributed by atoms with Gasteiger partial charge in [0.15, 0.2) is 11.5 Å². The molecule has 0 atom stereocenters. The van der Waals surface area contributed by atoms with E-state index in [0.29, 0.717) is 35.3 Å². The van der Waals surface area contributed by atoms with E-state index in [1.807, 2.05) is 51.4 Å². The minimum absolute atomic E-state index is 0.151. The fourth-order valence-electron chi connectivity index (χ4n) is 5.37. The number of anilines is 4. The molecule has 0 saturated carbocycles. The Kier molecular flexibility index (Phi) is 6.04. The molecule has 0 aliphatic carbocycles. The first-order chi connectivity index (χ1) is 20.8. The van der Waals surface area contributed by atoms with Gasteiger partial charge in [0.05, 0.1) is 23.4 Å². The Morgan fingerprint density at radius 2 is 1.91 bits per heavy atom. The second-order valence-electron chi connectivity index (χ2n) is 10.5. The molecule has 43 heavy (non-hydrogen) atoms. The van der Waals surface area contributed by atoms with Crippen molar-refractivity contribution in [2.24, 2.45) is 7.05 Å². The molecule has 12 nitrogen and oxygen atoms in total. The van der Waals surface area contributed by atoms with Crippen LogP contribution in [0, 0.1) is 20.8 Å². The summed E-state index contributed by atoms with van der Waals surface area (Å²) in [6.07, 6.45) is 3.68. The number of fused-ring (bicyclic) bond motifs is 2. The second kappa shape index (κ2) is 9.94. The van der Waals surface area contributed by atoms with Gasteiger partial charge in [-0.05, 0) is 44.5 Å². The summed E-state index contributed by atoms with van der Waals surface area (Å²) in [6, 6.07) is 14.6. The summed E-state index contributed by atoms with van der Waals surface area (Å²) in [5, 5.41) is 15.2. The lowest BCUT2D eigenvalue weighted by molar-refractivity contribution is 0.0993. The highest BCUT2D eigenvalue weighted by Gasteiger charge is 2.32. The number of rotatable bonds is 6. The zero-order valence-electron chi connectivity index (χ0n) is 23.9. The number of aryl methyl sites for hydroxylation is 4. The number of hydrogen-bond donors (Lipinski definition) is 3. The van der Waals surface area contributed by atoms with Gasteiger partial charge < -0.3 is 25.0 Å². The molecule has 12 heteroatoms. The standard InChI is InChI=1S/C31H27N9O3/c1-16-13-33-31(35-26-11-17(2)39(4)37-26)36-27(16)21-14-32-28-19(21)7-6-10-25(28)40-15-22-20(30(40)42)8-5-9-23(22)34-29(41)24-12-18(3)43-38-24/h5-14,32H,15H2,1-4H3,(H,34,41)(H,33,35,36,37). The fourth-order valence-corrected chi connectivity index (χ4v) is 5.37. The number of aromatic nitrogens is 6. The Hall–Kier alpha value is -5.78. The van der Waals surface area contributed by atoms with Crippen molar-refractivity contribution >= 4 is 45.9 Å². The van der Waals surface area contributed by atoms with Gasteiger partial charge >= 0.3 is 0 Å². The Labute approximate surface area is 245 Å². The molecule has 2 amide bonds. The van der Waals surface area contributed by atoms with Gasteiger partial charge in [-0.2, -0.15) is 5.10 Å². The minimum atomic E-state index is -0.403. The van der Waals surface area contributed by atoms with Gasteiger partial charge in [-0.25, -0.2) is 9.97 Å². The molecule has 6 aromatic rings. The van der Waals surface area contributed by atoms with E-state index in [0.717, 1.165) is 44.7 Å². The van der Waals surface area contributed by atoms with Crippen molar-refractivity contribution in [2.45, 2.75) is 27.3 Å². The molecule has 0 radical (unpaired) electrons. The van der Waals surface area contributed by atoms with Crippen molar-refractivity contribution < 1.29 is 14.1 Å². The monoisotopic (exact) mass is 573 g/mol. The van der Waals surface area contributed by atoms with E-state index in [1.165, 1.54) is 0 Å². The van der Waals surface area contributed by atoms with Gasteiger partial charge in [0.2, 0.25) is 5.95 Å². The van der Waals surface area contributed by atoms with Crippen LogP contribution in [0.5, 0.6) is 0 Å². The summed E-state index contributed by atoms with van der Waals surface area (Å²) < 4.78 is 6.82. The van der Waals surface area contributed by atoms with Gasteiger partial charge in [-0.3, -0.25) is 14.3 Å². The van der Waals surface area contributed by atoms with Crippen LogP contribution in [0.15, 0.2) is 65.4 Å². The molecule has 2 aromatic carbocycles. The summed E-state index contributed by atoms with van der Waals surface area (Å²) >= 11 is 0. The lowest BCUT2D eigenvalue weighted by Gasteiger charge is -2.17. The van der Waals surface area contributed by atoms with E-state index in [2.05, 4.69) is 30.9 Å². The number of nitrogens with zero attached hydrogens (tertiary/aromatic N) is 6. The van der Waals surface area contributed by atoms with E-state index in [4.69, 9.17) is 9.51 Å². The lowest BCUT2D eigenvalue weighted by atomic mass is 10.1. The van der Waals surface area contributed by atoms with Gasteiger partial charge in [-0.15, -0.1) is 0 Å². The molecule has 3 N–H and O–H groups in total. The molecule has 0 saturated heterocycles. The molecule has 1 aliphatic rings. The maximum absolute atomic E-state index is 13.7. The van der Waals surface area contributed by atoms with Crippen molar-refractivity contribution in [1.82, 2.24) is 29.9 Å². The molecular formula is C31H27N9O3. The van der Waals surface area contributed by atoms with Gasteiger partial charge in [-0.1, -0.05) is 23.4 Å². The number of aromatic amines is 1. The quantitative estimate of drug-likeness (QED) is 0.239. The number of H-pyrrole nitrogens is 1. The second-order valence-corrected chi connectivity index (χ2v) is 10.5. The number of carbonyl (C=O) groups excluding carboxylic acids is 2. The number of nitrogens with one attached hydrogen (secondary N) is 3. The number of para-hydroxylation sites is 1. The largest absolute Gasteiger partial charge is 0.361 e. The normalized spacial score (nSPS) is 12.7. The third kappa shape index (κ3) is 4.49. The summed E-state index contributed by atoms with van der Waals surface area (Å²) in [5.74, 6) is 1.08. The highest BCUT2D eigenvalue weighted by atomic mass is 16.5. The summed E-state index contributed by atoms with van der Waals surface area (Å²) in [5.41, 5.74) is 7.08. The average Bonchev–Trinajstić information content (AvgIpc) is 3.77. The van der Waals surface area contributed by atoms with Crippen LogP contribution in [0.25, 0.3) is 22.2 Å². The number of amides is 2. The van der Waals surface area contributed by atoms with E-state index in [-0.39, 0.29) is 11.6 Å². The third-order valence-electron chi connectivity index (χ3n) is 7.64. The molecule has 0 spiro atoms. The molecule has 5 heterocycles. The first-order valence-corrected chi connectivity index (χ1v) is 13.7. The summed E-state index contributed by atoms with van der Waals surface area (Å²) in [4.78, 5) is 40.8. The minimum Gasteiger partial charge on any atom is -0.361 e. The maximum Gasteiger partial charge on any atom is 0.277 e. The van der Waals surface area contributed by atoms with E-state index < -0.39 is 5.91 Å². The first-order valence-electron chi connectivity index (χ1n) is 13.7. The SMILES string of the molecule is Cc1cc(C(=O)Nc2cccc3c2CN(c2cccc4c(-c5nc(Nc6cc(C)n(C)n6)ncc5C)c[nH]c24)C3=O)no1. The van der Waals surface area contributed by atoms with Crippen molar-refractivity contribution in [1.29, 1.82) is 0 Å². The maximum atomic E-state index is 13.7. The Morgan fingerprint density at radius 3 is 2.67 bits per heavy atom. The van der Waals surface area contributed by atoms with Crippen LogP contribution in [-0.2, 0) is 13.6 Å². The topological polar surface area (TPSA) is 147 Å². The molecule has 0 bridgehead atoms. The van der Waals surface area contributed by atoms with Crippen LogP contribution in [0.3, 0.4) is 0 Å². The Bertz CT molecular complexity index is 2050. The highest BCUT2D eigenvalue weighted by molar-refractivity contribution is 6.16. The zero-order valence-corrected chi connectivity index (χ0v) is 23.9. The van der Waals surface area contributed by atoms with Crippen molar-refractivity contribution in [3.8, 4) is 11.3 Å². The smallest absolute Gasteiger partial charge is 0.277 e. The van der Waals surface area contributed by atoms with E-state index in [9.17, 15) is 9.59 Å². The lowest BCUT2D eigenvalue weighted by Crippen LogP contribution is -2.23. The number of benzene rings is 2.